The van der Waals surface area contributed by atoms with Crippen LogP contribution in [0.1, 0.15) is 38.5 Å². The zero-order valence-corrected chi connectivity index (χ0v) is 14.0. The highest BCUT2D eigenvalue weighted by atomic mass is 32.1. The van der Waals surface area contributed by atoms with Crippen LogP contribution in [0.3, 0.4) is 0 Å². The van der Waals surface area contributed by atoms with Gasteiger partial charge in [-0.15, -0.1) is 0 Å². The second kappa shape index (κ2) is 7.50. The van der Waals surface area contributed by atoms with Gasteiger partial charge in [0, 0.05) is 25.9 Å². The number of carbonyl (C=O) groups is 4. The summed E-state index contributed by atoms with van der Waals surface area (Å²) in [6.07, 6.45) is 3.52. The minimum atomic E-state index is -0.492. The van der Waals surface area contributed by atoms with E-state index in [1.807, 2.05) is 0 Å². The molecule has 0 aromatic rings. The van der Waals surface area contributed by atoms with Crippen molar-refractivity contribution in [1.82, 2.24) is 9.80 Å². The van der Waals surface area contributed by atoms with Gasteiger partial charge in [0.2, 0.25) is 23.6 Å². The maximum Gasteiger partial charge on any atom is 0.242 e. The third-order valence-electron chi connectivity index (χ3n) is 3.95. The first-order valence-corrected chi connectivity index (χ1v) is 8.49. The van der Waals surface area contributed by atoms with Crippen LogP contribution < -0.4 is 0 Å². The number of carbonyl (C=O) groups excluding carboxylic acids is 4. The Kier molecular flexibility index (Phi) is 5.91. The third kappa shape index (κ3) is 3.84. The van der Waals surface area contributed by atoms with E-state index in [1.165, 1.54) is 9.80 Å². The number of imide groups is 2. The molecule has 2 fully saturated rings. The van der Waals surface area contributed by atoms with Gasteiger partial charge in [0.25, 0.3) is 0 Å². The molecule has 4 amide bonds. The van der Waals surface area contributed by atoms with Crippen LogP contribution in [-0.4, -0.2) is 57.0 Å². The lowest BCUT2D eigenvalue weighted by Gasteiger charge is -2.15. The molecule has 0 bridgehead atoms. The molecule has 0 unspecified atom stereocenters. The molecular weight excluding hydrogens is 324 g/mol. The summed E-state index contributed by atoms with van der Waals surface area (Å²) >= 11 is 8.14. The third-order valence-corrected chi connectivity index (χ3v) is 4.76. The summed E-state index contributed by atoms with van der Waals surface area (Å²) in [5, 5.41) is -0.984. The molecule has 2 atom stereocenters. The van der Waals surface area contributed by atoms with Crippen LogP contribution in [0.4, 0.5) is 0 Å². The summed E-state index contributed by atoms with van der Waals surface area (Å²) in [5.74, 6) is -0.723. The summed E-state index contributed by atoms with van der Waals surface area (Å²) in [6.45, 7) is 0.851. The Morgan fingerprint density at radius 1 is 0.727 bits per heavy atom. The highest BCUT2D eigenvalue weighted by Gasteiger charge is 2.36. The minimum Gasteiger partial charge on any atom is -0.282 e. The molecular formula is C14H20N2O4S2. The van der Waals surface area contributed by atoms with Crippen molar-refractivity contribution in [2.75, 3.05) is 13.1 Å². The largest absolute Gasteiger partial charge is 0.282 e. The van der Waals surface area contributed by atoms with Gasteiger partial charge in [0.1, 0.15) is 0 Å². The Bertz CT molecular complexity index is 453. The average Bonchev–Trinajstić information content (AvgIpc) is 2.84. The van der Waals surface area contributed by atoms with Gasteiger partial charge in [-0.05, 0) is 12.8 Å². The fourth-order valence-corrected chi connectivity index (χ4v) is 3.29. The molecule has 6 nitrogen and oxygen atoms in total. The number of likely N-dealkylation sites (tertiary alicyclic amines) is 2. The monoisotopic (exact) mass is 344 g/mol. The predicted molar refractivity (Wildman–Crippen MR) is 86.7 cm³/mol. The van der Waals surface area contributed by atoms with Crippen LogP contribution in [0.5, 0.6) is 0 Å². The Balaban J connectivity index is 1.60. The molecule has 8 heteroatoms. The Morgan fingerprint density at radius 2 is 1.09 bits per heavy atom. The summed E-state index contributed by atoms with van der Waals surface area (Å²) in [7, 11) is 0. The van der Waals surface area contributed by atoms with Crippen molar-refractivity contribution in [2.45, 2.75) is 49.0 Å². The van der Waals surface area contributed by atoms with E-state index in [4.69, 9.17) is 0 Å². The van der Waals surface area contributed by atoms with Gasteiger partial charge in [-0.3, -0.25) is 29.0 Å². The van der Waals surface area contributed by atoms with Gasteiger partial charge in [-0.25, -0.2) is 0 Å². The van der Waals surface area contributed by atoms with E-state index in [1.54, 1.807) is 0 Å². The van der Waals surface area contributed by atoms with E-state index in [-0.39, 0.29) is 36.5 Å². The van der Waals surface area contributed by atoms with Crippen LogP contribution >= 0.6 is 25.3 Å². The average molecular weight is 344 g/mol. The number of thiol groups is 2. The maximum absolute atomic E-state index is 11.7. The molecule has 2 rings (SSSR count). The molecule has 2 aliphatic rings. The molecule has 0 aromatic carbocycles. The lowest BCUT2D eigenvalue weighted by atomic mass is 10.2. The smallest absolute Gasteiger partial charge is 0.242 e. The van der Waals surface area contributed by atoms with Gasteiger partial charge >= 0.3 is 0 Å². The van der Waals surface area contributed by atoms with Crippen molar-refractivity contribution >= 4 is 48.9 Å². The quantitative estimate of drug-likeness (QED) is 0.404. The molecule has 0 radical (unpaired) electrons. The van der Waals surface area contributed by atoms with Gasteiger partial charge in [0.05, 0.1) is 10.5 Å². The maximum atomic E-state index is 11.7. The van der Waals surface area contributed by atoms with Crippen LogP contribution in [0.2, 0.25) is 0 Å². The highest BCUT2D eigenvalue weighted by molar-refractivity contribution is 7.82. The molecule has 122 valence electrons. The van der Waals surface area contributed by atoms with Crippen molar-refractivity contribution < 1.29 is 19.2 Å². The Morgan fingerprint density at radius 3 is 1.36 bits per heavy atom. The van der Waals surface area contributed by atoms with Crippen molar-refractivity contribution in [3.05, 3.63) is 0 Å². The van der Waals surface area contributed by atoms with Crippen molar-refractivity contribution in [3.63, 3.8) is 0 Å². The lowest BCUT2D eigenvalue weighted by molar-refractivity contribution is -0.140. The molecule has 0 aromatic heterocycles. The Labute approximate surface area is 140 Å². The SMILES string of the molecule is O=C1C[C@@H](S)C(=O)N1CCCCCCN1C(=O)C[C@H](S)C1=O. The first kappa shape index (κ1) is 17.3. The lowest BCUT2D eigenvalue weighted by Crippen LogP contribution is -2.32. The van der Waals surface area contributed by atoms with Crippen molar-refractivity contribution in [3.8, 4) is 0 Å². The topological polar surface area (TPSA) is 74.8 Å². The van der Waals surface area contributed by atoms with Gasteiger partial charge in [0.15, 0.2) is 0 Å². The molecule has 2 heterocycles. The molecule has 2 saturated heterocycles. The first-order chi connectivity index (χ1) is 10.4. The second-order valence-electron chi connectivity index (χ2n) is 5.62. The fourth-order valence-electron chi connectivity index (χ4n) is 2.69. The number of unbranched alkanes of at least 4 members (excludes halogenated alkanes) is 3. The molecule has 0 saturated carbocycles. The van der Waals surface area contributed by atoms with E-state index in [9.17, 15) is 19.2 Å². The molecule has 2 aliphatic heterocycles. The predicted octanol–water partition coefficient (Wildman–Crippen LogP) is 0.661. The number of nitrogens with zero attached hydrogens (tertiary/aromatic N) is 2. The summed E-state index contributed by atoms with van der Waals surface area (Å²) in [4.78, 5) is 49.0. The zero-order valence-electron chi connectivity index (χ0n) is 12.2. The minimum absolute atomic E-state index is 0.155. The zero-order chi connectivity index (χ0) is 16.3. The number of rotatable bonds is 7. The normalized spacial score (nSPS) is 25.7. The summed E-state index contributed by atoms with van der Waals surface area (Å²) in [6, 6.07) is 0. The van der Waals surface area contributed by atoms with E-state index in [0.717, 1.165) is 25.7 Å². The van der Waals surface area contributed by atoms with E-state index in [0.29, 0.717) is 13.1 Å². The molecule has 0 N–H and O–H groups in total. The first-order valence-electron chi connectivity index (χ1n) is 7.46. The summed E-state index contributed by atoms with van der Waals surface area (Å²) < 4.78 is 0. The Hall–Kier alpha value is -1.02. The number of amides is 4. The molecule has 0 spiro atoms. The van der Waals surface area contributed by atoms with Gasteiger partial charge < -0.3 is 0 Å². The van der Waals surface area contributed by atoms with Crippen LogP contribution in [-0.2, 0) is 19.2 Å². The van der Waals surface area contributed by atoms with E-state index in [2.05, 4.69) is 25.3 Å². The van der Waals surface area contributed by atoms with Crippen LogP contribution in [0.25, 0.3) is 0 Å². The highest BCUT2D eigenvalue weighted by Crippen LogP contribution is 2.20. The fraction of sp³-hybridized carbons (Fsp3) is 0.714. The second-order valence-corrected chi connectivity index (χ2v) is 6.87. The van der Waals surface area contributed by atoms with Gasteiger partial charge in [-0.1, -0.05) is 12.8 Å². The van der Waals surface area contributed by atoms with E-state index >= 15 is 0 Å². The van der Waals surface area contributed by atoms with Crippen LogP contribution in [0.15, 0.2) is 0 Å². The standard InChI is InChI=1S/C14H20N2O4S2/c17-11-7-9(21)13(19)15(11)5-3-1-2-4-6-16-12(18)8-10(22)14(16)20/h9-10,21-22H,1-8H2/t9-,10+. The van der Waals surface area contributed by atoms with Gasteiger partial charge in [-0.2, -0.15) is 25.3 Å². The number of hydrogen-bond donors (Lipinski definition) is 2. The molecule has 22 heavy (non-hydrogen) atoms. The summed E-state index contributed by atoms with van der Waals surface area (Å²) in [5.41, 5.74) is 0. The molecule has 0 aliphatic carbocycles. The van der Waals surface area contributed by atoms with Crippen molar-refractivity contribution in [1.29, 1.82) is 0 Å². The van der Waals surface area contributed by atoms with Crippen LogP contribution in [0, 0.1) is 0 Å². The number of hydrogen-bond acceptors (Lipinski definition) is 6. The van der Waals surface area contributed by atoms with E-state index < -0.39 is 10.5 Å². The van der Waals surface area contributed by atoms with Crippen molar-refractivity contribution in [2.24, 2.45) is 0 Å².